The van der Waals surface area contributed by atoms with Gasteiger partial charge in [-0.1, -0.05) is 70.4 Å². The van der Waals surface area contributed by atoms with Crippen LogP contribution in [0.1, 0.15) is 96.8 Å². The van der Waals surface area contributed by atoms with Crippen LogP contribution in [-0.2, 0) is 4.79 Å². The molecule has 0 aromatic rings. The largest absolute Gasteiger partial charge is 1.00 e. The van der Waals surface area contributed by atoms with Gasteiger partial charge in [0, 0.05) is 5.97 Å². The zero-order chi connectivity index (χ0) is 19.4. The van der Waals surface area contributed by atoms with Crippen LogP contribution in [0.2, 0.25) is 0 Å². The first-order valence-corrected chi connectivity index (χ1v) is 11.2. The Morgan fingerprint density at radius 2 is 1.11 bits per heavy atom. The van der Waals surface area contributed by atoms with Gasteiger partial charge in [-0.25, -0.2) is 0 Å². The van der Waals surface area contributed by atoms with Gasteiger partial charge in [0.05, 0.1) is 0 Å². The molecule has 0 aliphatic heterocycles. The smallest absolute Gasteiger partial charge is 0.794 e. The minimum Gasteiger partial charge on any atom is -0.794 e. The third-order valence-electron chi connectivity index (χ3n) is 3.64. The fourth-order valence-electron chi connectivity index (χ4n) is 2.34. The van der Waals surface area contributed by atoms with E-state index >= 15 is 0 Å². The molecule has 27 heavy (non-hydrogen) atoms. The molecular weight excluding hydrogens is 386 g/mol. The summed E-state index contributed by atoms with van der Waals surface area (Å²) in [5.74, 6) is -0.914. The molecule has 0 aromatic carbocycles. The second-order valence-corrected chi connectivity index (χ2v) is 7.43. The summed E-state index contributed by atoms with van der Waals surface area (Å²) in [5.41, 5.74) is 0. The quantitative estimate of drug-likeness (QED) is 0.139. The van der Waals surface area contributed by atoms with Gasteiger partial charge >= 0.3 is 68.2 Å². The molecular formula is C18H36Na2O6Si. The second-order valence-electron chi connectivity index (χ2n) is 6.28. The monoisotopic (exact) mass is 422 g/mol. The van der Waals surface area contributed by atoms with Gasteiger partial charge in [-0.05, 0) is 38.5 Å². The van der Waals surface area contributed by atoms with Gasteiger partial charge in [0.15, 0.2) is 0 Å². The number of carbonyl (C=O) groups excluding carboxylic acids is 1. The van der Waals surface area contributed by atoms with Crippen molar-refractivity contribution in [3.05, 3.63) is 12.2 Å². The van der Waals surface area contributed by atoms with E-state index in [4.69, 9.17) is 19.2 Å². The predicted molar refractivity (Wildman–Crippen MR) is 96.9 cm³/mol. The number of carboxylic acids is 1. The Hall–Kier alpha value is 1.27. The standard InChI is InChI=1S/C18H34O2.2Na.H3O4Si/c1-2-3-4-5-6-7-8-9-10-11-12-13-14-15-16-17-18(19)20;;;1-5(2,3)4/h9-10H,2-8,11-17H2,1H3,(H,19,20);;;1-3H/q;2*+1;-1/p-1/b10-9-;;;. The third kappa shape index (κ3) is 52.2. The molecule has 0 aliphatic carbocycles. The summed E-state index contributed by atoms with van der Waals surface area (Å²) >= 11 is 0. The maximum atomic E-state index is 10.2. The Balaban J connectivity index is -0.000000333. The maximum absolute atomic E-state index is 10.2. The van der Waals surface area contributed by atoms with Crippen LogP contribution in [0.4, 0.5) is 0 Å². The summed E-state index contributed by atoms with van der Waals surface area (Å²) in [6, 6.07) is 0. The van der Waals surface area contributed by atoms with E-state index in [-0.39, 0.29) is 65.5 Å². The van der Waals surface area contributed by atoms with Crippen LogP contribution in [0.5, 0.6) is 0 Å². The molecule has 0 bridgehead atoms. The average Bonchev–Trinajstić information content (AvgIpc) is 2.49. The summed E-state index contributed by atoms with van der Waals surface area (Å²) in [7, 11) is -4.86. The fraction of sp³-hybridized carbons (Fsp3) is 0.833. The minimum atomic E-state index is -4.86. The number of carbonyl (C=O) groups is 1. The minimum absolute atomic E-state index is 0. The average molecular weight is 423 g/mol. The van der Waals surface area contributed by atoms with Gasteiger partial charge in [0.2, 0.25) is 0 Å². The van der Waals surface area contributed by atoms with Crippen LogP contribution in [-0.4, -0.2) is 29.4 Å². The van der Waals surface area contributed by atoms with E-state index in [1.54, 1.807) is 0 Å². The van der Waals surface area contributed by atoms with Crippen molar-refractivity contribution in [3.63, 3.8) is 0 Å². The molecule has 0 heterocycles. The SMILES string of the molecule is CCCCCCCC/C=C\CCCCCCCC(=O)[O-].[Na+].[Na+].[O-][Si](O)(O)O. The van der Waals surface area contributed by atoms with E-state index in [1.807, 2.05) is 0 Å². The maximum Gasteiger partial charge on any atom is 1.00 e. The van der Waals surface area contributed by atoms with Crippen molar-refractivity contribution in [1.82, 2.24) is 0 Å². The molecule has 150 valence electrons. The van der Waals surface area contributed by atoms with E-state index < -0.39 is 15.0 Å². The van der Waals surface area contributed by atoms with E-state index in [1.165, 1.54) is 64.2 Å². The molecule has 0 rings (SSSR count). The van der Waals surface area contributed by atoms with Crippen LogP contribution >= 0.6 is 0 Å². The van der Waals surface area contributed by atoms with Gasteiger partial charge in [0.1, 0.15) is 0 Å². The van der Waals surface area contributed by atoms with E-state index in [0.717, 1.165) is 19.3 Å². The topological polar surface area (TPSA) is 124 Å². The first-order valence-electron chi connectivity index (χ1n) is 9.49. The summed E-state index contributed by atoms with van der Waals surface area (Å²) in [6.45, 7) is 2.26. The Morgan fingerprint density at radius 3 is 1.48 bits per heavy atom. The van der Waals surface area contributed by atoms with Gasteiger partial charge in [-0.2, -0.15) is 0 Å². The van der Waals surface area contributed by atoms with Crippen molar-refractivity contribution in [3.8, 4) is 0 Å². The van der Waals surface area contributed by atoms with Gasteiger partial charge in [-0.3, -0.25) is 0 Å². The van der Waals surface area contributed by atoms with Crippen molar-refractivity contribution >= 4 is 15.0 Å². The molecule has 0 radical (unpaired) electrons. The molecule has 9 heteroatoms. The predicted octanol–water partition coefficient (Wildman–Crippen LogP) is -4.46. The van der Waals surface area contributed by atoms with Crippen LogP contribution in [0, 0.1) is 0 Å². The molecule has 0 aliphatic rings. The Labute approximate surface area is 210 Å². The van der Waals surface area contributed by atoms with Crippen molar-refractivity contribution < 1.29 is 88.2 Å². The number of allylic oxidation sites excluding steroid dienone is 2. The van der Waals surface area contributed by atoms with Crippen LogP contribution in [0.3, 0.4) is 0 Å². The van der Waals surface area contributed by atoms with Gasteiger partial charge < -0.3 is 29.1 Å². The summed E-state index contributed by atoms with van der Waals surface area (Å²) in [5, 5.41) is 10.2. The molecule has 6 nitrogen and oxygen atoms in total. The normalized spacial score (nSPS) is 10.6. The Kier molecular flexibility index (Phi) is 36.0. The van der Waals surface area contributed by atoms with Crippen LogP contribution in [0.25, 0.3) is 0 Å². The van der Waals surface area contributed by atoms with Gasteiger partial charge in [0.25, 0.3) is 0 Å². The van der Waals surface area contributed by atoms with Crippen molar-refractivity contribution in [2.45, 2.75) is 96.8 Å². The van der Waals surface area contributed by atoms with Gasteiger partial charge in [-0.15, -0.1) is 0 Å². The summed E-state index contributed by atoms with van der Waals surface area (Å²) in [4.78, 5) is 40.8. The molecule has 0 aromatic heterocycles. The number of aliphatic carboxylic acids is 1. The van der Waals surface area contributed by atoms with E-state index in [0.29, 0.717) is 0 Å². The number of rotatable bonds is 15. The molecule has 0 unspecified atom stereocenters. The molecule has 0 saturated heterocycles. The van der Waals surface area contributed by atoms with Crippen molar-refractivity contribution in [2.24, 2.45) is 0 Å². The Bertz CT molecular complexity index is 319. The summed E-state index contributed by atoms with van der Waals surface area (Å²) in [6.07, 6.45) is 20.9. The van der Waals surface area contributed by atoms with Crippen LogP contribution in [0.15, 0.2) is 12.2 Å². The third-order valence-corrected chi connectivity index (χ3v) is 3.64. The van der Waals surface area contributed by atoms with Crippen LogP contribution < -0.4 is 69.0 Å². The molecule has 0 atom stereocenters. The number of hydrogen-bond donors (Lipinski definition) is 3. The first-order chi connectivity index (χ1) is 11.8. The second kappa shape index (κ2) is 27.3. The van der Waals surface area contributed by atoms with E-state index in [9.17, 15) is 9.90 Å². The first kappa shape index (κ1) is 35.7. The van der Waals surface area contributed by atoms with Crippen molar-refractivity contribution in [2.75, 3.05) is 0 Å². The van der Waals surface area contributed by atoms with E-state index in [2.05, 4.69) is 19.1 Å². The molecule has 0 saturated carbocycles. The molecule has 3 N–H and O–H groups in total. The zero-order valence-corrected chi connectivity index (χ0v) is 22.6. The molecule has 0 fully saturated rings. The number of unbranched alkanes of at least 4 members (excludes halogenated alkanes) is 11. The molecule has 0 spiro atoms. The number of carboxylic acid groups (broad SMARTS) is 1. The zero-order valence-electron chi connectivity index (χ0n) is 17.6. The Morgan fingerprint density at radius 1 is 0.778 bits per heavy atom. The summed E-state index contributed by atoms with van der Waals surface area (Å²) < 4.78 is 0. The molecule has 0 amide bonds. The fourth-order valence-corrected chi connectivity index (χ4v) is 2.34. The number of hydrogen-bond acceptors (Lipinski definition) is 6. The van der Waals surface area contributed by atoms with Crippen molar-refractivity contribution in [1.29, 1.82) is 0 Å².